The van der Waals surface area contributed by atoms with Gasteiger partial charge in [-0.05, 0) is 89.1 Å². The summed E-state index contributed by atoms with van der Waals surface area (Å²) in [5.74, 6) is 0.258. The lowest BCUT2D eigenvalue weighted by molar-refractivity contribution is -0.150. The first-order valence-corrected chi connectivity index (χ1v) is 27.6. The quantitative estimate of drug-likeness (QED) is 0.0249. The average molecular weight is 941 g/mol. The predicted molar refractivity (Wildman–Crippen MR) is 268 cm³/mol. The average Bonchev–Trinajstić information content (AvgIpc) is 3.30. The highest BCUT2D eigenvalue weighted by Gasteiger charge is 2.23. The molecule has 0 saturated carbocycles. The fourth-order valence-electron chi connectivity index (χ4n) is 8.26. The highest BCUT2D eigenvalue weighted by atomic mass is 16.8. The fraction of sp³-hybridized carbons (Fsp3) is 0.926. The zero-order valence-corrected chi connectivity index (χ0v) is 44.2. The van der Waals surface area contributed by atoms with Gasteiger partial charge in [0, 0.05) is 25.9 Å². The molecule has 0 fully saturated rings. The third kappa shape index (κ3) is 38.4. The van der Waals surface area contributed by atoms with Crippen LogP contribution in [-0.4, -0.2) is 99.0 Å². The molecule has 0 aromatic carbocycles. The molecule has 0 aromatic rings. The number of nitrogens with zero attached hydrogens (tertiary/aromatic N) is 2. The number of hydrogen-bond acceptors (Lipinski definition) is 12. The zero-order chi connectivity index (χ0) is 48.9. The van der Waals surface area contributed by atoms with Crippen LogP contribution in [0, 0.1) is 11.8 Å². The number of hydrogen-bond donors (Lipinski definition) is 0. The van der Waals surface area contributed by atoms with Gasteiger partial charge in [0.2, 0.25) is 0 Å². The number of ether oxygens (including phenoxy) is 5. The SMILES string of the molecule is CCCCCCC(CCC(=O)OCC(CCCCC)CCCCC)OC(=O)OCCN(CCN(CC)CC)OC(=O)OC(CCCCCC)CCC(=O)OCC(CCCCC)CCCCC. The molecule has 12 nitrogen and oxygen atoms in total. The Hall–Kier alpha value is -2.60. The highest BCUT2D eigenvalue weighted by Crippen LogP contribution is 2.22. The van der Waals surface area contributed by atoms with Crippen molar-refractivity contribution < 1.29 is 47.7 Å². The van der Waals surface area contributed by atoms with Crippen molar-refractivity contribution in [2.45, 2.75) is 260 Å². The molecule has 0 amide bonds. The van der Waals surface area contributed by atoms with Gasteiger partial charge in [-0.15, -0.1) is 5.06 Å². The summed E-state index contributed by atoms with van der Waals surface area (Å²) in [7, 11) is 0. The van der Waals surface area contributed by atoms with E-state index in [-0.39, 0.29) is 37.9 Å². The first-order valence-electron chi connectivity index (χ1n) is 27.6. The van der Waals surface area contributed by atoms with Gasteiger partial charge in [-0.2, -0.15) is 0 Å². The molecule has 0 radical (unpaired) electrons. The molecule has 0 bridgehead atoms. The Morgan fingerprint density at radius 3 is 1.17 bits per heavy atom. The molecule has 0 heterocycles. The normalized spacial score (nSPS) is 12.5. The van der Waals surface area contributed by atoms with E-state index in [2.05, 4.69) is 60.3 Å². The lowest BCUT2D eigenvalue weighted by Crippen LogP contribution is -2.39. The van der Waals surface area contributed by atoms with Crippen LogP contribution in [0.15, 0.2) is 0 Å². The van der Waals surface area contributed by atoms with Gasteiger partial charge in [0.15, 0.2) is 0 Å². The first kappa shape index (κ1) is 63.4. The number of unbranched alkanes of at least 4 members (excludes halogenated alkanes) is 14. The van der Waals surface area contributed by atoms with Crippen molar-refractivity contribution in [1.29, 1.82) is 0 Å². The molecule has 0 aliphatic heterocycles. The van der Waals surface area contributed by atoms with Crippen LogP contribution in [0.5, 0.6) is 0 Å². The summed E-state index contributed by atoms with van der Waals surface area (Å²) < 4.78 is 28.8. The predicted octanol–water partition coefficient (Wildman–Crippen LogP) is 14.7. The Morgan fingerprint density at radius 1 is 0.394 bits per heavy atom. The molecule has 0 aliphatic rings. The molecule has 2 unspecified atom stereocenters. The lowest BCUT2D eigenvalue weighted by Gasteiger charge is -2.26. The Balaban J connectivity index is 5.51. The van der Waals surface area contributed by atoms with Crippen molar-refractivity contribution in [1.82, 2.24) is 9.96 Å². The van der Waals surface area contributed by atoms with E-state index in [1.807, 2.05) is 0 Å². The monoisotopic (exact) mass is 941 g/mol. The summed E-state index contributed by atoms with van der Waals surface area (Å²) in [6.45, 7) is 20.9. The molecule has 390 valence electrons. The fourth-order valence-corrected chi connectivity index (χ4v) is 8.26. The number of likely N-dealkylation sites (N-methyl/N-ethyl adjacent to an activating group) is 1. The molecular formula is C54H104N2O10. The molecule has 0 aliphatic carbocycles. The summed E-state index contributed by atoms with van der Waals surface area (Å²) in [6, 6.07) is 0. The van der Waals surface area contributed by atoms with Crippen LogP contribution < -0.4 is 0 Å². The highest BCUT2D eigenvalue weighted by molar-refractivity contribution is 5.70. The molecule has 2 atom stereocenters. The van der Waals surface area contributed by atoms with Crippen LogP contribution in [0.4, 0.5) is 9.59 Å². The minimum Gasteiger partial charge on any atom is -0.465 e. The van der Waals surface area contributed by atoms with Crippen LogP contribution in [-0.2, 0) is 38.1 Å². The van der Waals surface area contributed by atoms with E-state index in [4.69, 9.17) is 28.5 Å². The van der Waals surface area contributed by atoms with E-state index in [0.717, 1.165) is 116 Å². The van der Waals surface area contributed by atoms with Crippen LogP contribution >= 0.6 is 0 Å². The molecule has 66 heavy (non-hydrogen) atoms. The van der Waals surface area contributed by atoms with Crippen LogP contribution in [0.2, 0.25) is 0 Å². The molecular weight excluding hydrogens is 837 g/mol. The maximum Gasteiger partial charge on any atom is 0.528 e. The number of rotatable bonds is 47. The first-order chi connectivity index (χ1) is 32.1. The van der Waals surface area contributed by atoms with Gasteiger partial charge >= 0.3 is 24.2 Å². The summed E-state index contributed by atoms with van der Waals surface area (Å²) in [5.41, 5.74) is 0. The van der Waals surface area contributed by atoms with Crippen molar-refractivity contribution in [2.75, 3.05) is 52.5 Å². The summed E-state index contributed by atoms with van der Waals surface area (Å²) in [6.07, 6.45) is 26.2. The van der Waals surface area contributed by atoms with Gasteiger partial charge < -0.3 is 33.4 Å². The Morgan fingerprint density at radius 2 is 0.773 bits per heavy atom. The largest absolute Gasteiger partial charge is 0.528 e. The van der Waals surface area contributed by atoms with Crippen LogP contribution in [0.25, 0.3) is 0 Å². The second-order valence-electron chi connectivity index (χ2n) is 18.7. The number of hydroxylamine groups is 2. The van der Waals surface area contributed by atoms with Crippen molar-refractivity contribution in [2.24, 2.45) is 11.8 Å². The molecule has 0 N–H and O–H groups in total. The smallest absolute Gasteiger partial charge is 0.465 e. The maximum atomic E-state index is 13.4. The molecule has 0 saturated heterocycles. The summed E-state index contributed by atoms with van der Waals surface area (Å²) >= 11 is 0. The van der Waals surface area contributed by atoms with E-state index in [9.17, 15) is 19.2 Å². The molecule has 0 spiro atoms. The van der Waals surface area contributed by atoms with Crippen molar-refractivity contribution >= 4 is 24.2 Å². The third-order valence-electron chi connectivity index (χ3n) is 12.8. The Bertz CT molecular complexity index is 1120. The van der Waals surface area contributed by atoms with Crippen molar-refractivity contribution in [3.8, 4) is 0 Å². The molecule has 0 aromatic heterocycles. The lowest BCUT2D eigenvalue weighted by atomic mass is 9.96. The van der Waals surface area contributed by atoms with E-state index in [1.165, 1.54) is 56.4 Å². The van der Waals surface area contributed by atoms with Gasteiger partial charge in [-0.25, -0.2) is 9.59 Å². The Labute approximate surface area is 405 Å². The Kier molecular flexibility index (Phi) is 44.3. The number of esters is 2. The number of carbonyl (C=O) groups excluding carboxylic acids is 4. The van der Waals surface area contributed by atoms with E-state index < -0.39 is 24.5 Å². The van der Waals surface area contributed by atoms with Crippen LogP contribution in [0.1, 0.15) is 248 Å². The third-order valence-corrected chi connectivity index (χ3v) is 12.8. The minimum absolute atomic E-state index is 0.0728. The summed E-state index contributed by atoms with van der Waals surface area (Å²) in [5, 5.41) is 1.48. The molecule has 12 heteroatoms. The van der Waals surface area contributed by atoms with Crippen molar-refractivity contribution in [3.63, 3.8) is 0 Å². The topological polar surface area (TPSA) is 130 Å². The van der Waals surface area contributed by atoms with Crippen molar-refractivity contribution in [3.05, 3.63) is 0 Å². The molecule has 0 rings (SSSR count). The van der Waals surface area contributed by atoms with E-state index >= 15 is 0 Å². The standard InChI is InChI=1S/C54H104N2O10/c1-9-17-23-29-35-49(37-39-51(57)62-45-47(31-25-19-11-3)32-26-20-12-4)64-53(59)61-44-43-56(42-41-55(15-7)16-8)66-54(60)65-50(36-30-24-18-10-2)38-40-52(58)63-46-48(33-27-21-13-5)34-28-22-14-6/h47-50H,9-46H2,1-8H3. The van der Waals surface area contributed by atoms with Gasteiger partial charge in [0.05, 0.1) is 19.8 Å². The second-order valence-corrected chi connectivity index (χ2v) is 18.7. The number of carbonyl (C=O) groups is 4. The maximum absolute atomic E-state index is 13.4. The van der Waals surface area contributed by atoms with Gasteiger partial charge in [0.1, 0.15) is 18.8 Å². The summed E-state index contributed by atoms with van der Waals surface area (Å²) in [4.78, 5) is 60.3. The van der Waals surface area contributed by atoms with Gasteiger partial charge in [-0.3, -0.25) is 9.59 Å². The van der Waals surface area contributed by atoms with E-state index in [1.54, 1.807) is 0 Å². The van der Waals surface area contributed by atoms with Gasteiger partial charge in [0.25, 0.3) is 0 Å². The van der Waals surface area contributed by atoms with Crippen LogP contribution in [0.3, 0.4) is 0 Å². The second kappa shape index (κ2) is 46.1. The minimum atomic E-state index is -0.842. The zero-order valence-electron chi connectivity index (χ0n) is 44.2. The van der Waals surface area contributed by atoms with Gasteiger partial charge in [-0.1, -0.05) is 171 Å². The van der Waals surface area contributed by atoms with E-state index in [0.29, 0.717) is 63.8 Å².